The van der Waals surface area contributed by atoms with Crippen LogP contribution in [0.3, 0.4) is 0 Å². The Hall–Kier alpha value is -1.61. The molecule has 0 aliphatic carbocycles. The van der Waals surface area contributed by atoms with Crippen molar-refractivity contribution in [1.29, 1.82) is 0 Å². The molecule has 0 aromatic heterocycles. The van der Waals surface area contributed by atoms with E-state index in [0.29, 0.717) is 6.61 Å². The summed E-state index contributed by atoms with van der Waals surface area (Å²) in [4.78, 5) is 14.3. The lowest BCUT2D eigenvalue weighted by Crippen LogP contribution is -2.32. The van der Waals surface area contributed by atoms with Crippen LogP contribution in [0.25, 0.3) is 0 Å². The van der Waals surface area contributed by atoms with E-state index >= 15 is 0 Å². The first-order chi connectivity index (χ1) is 8.81. The van der Waals surface area contributed by atoms with Crippen molar-refractivity contribution in [3.63, 3.8) is 0 Å². The van der Waals surface area contributed by atoms with Gasteiger partial charge in [0.25, 0.3) is 0 Å². The van der Waals surface area contributed by atoms with Crippen LogP contribution < -0.4 is 0 Å². The third kappa shape index (κ3) is 1.75. The molecule has 1 unspecified atom stereocenters. The molecule has 0 bridgehead atoms. The molecule has 18 heavy (non-hydrogen) atoms. The Morgan fingerprint density at radius 3 is 2.89 bits per heavy atom. The maximum absolute atomic E-state index is 12.4. The zero-order valence-corrected chi connectivity index (χ0v) is 10.3. The summed E-state index contributed by atoms with van der Waals surface area (Å²) in [6, 6.07) is 10.2. The third-order valence-corrected chi connectivity index (χ3v) is 3.79. The molecule has 1 aromatic carbocycles. The van der Waals surface area contributed by atoms with Crippen molar-refractivity contribution in [1.82, 2.24) is 4.90 Å². The van der Waals surface area contributed by atoms with E-state index < -0.39 is 0 Å². The van der Waals surface area contributed by atoms with E-state index in [0.717, 1.165) is 18.4 Å². The summed E-state index contributed by atoms with van der Waals surface area (Å²) < 4.78 is 5.78. The van der Waals surface area contributed by atoms with Crippen LogP contribution in [0.2, 0.25) is 0 Å². The second-order valence-electron chi connectivity index (χ2n) is 4.95. The van der Waals surface area contributed by atoms with Crippen LogP contribution in [0.4, 0.5) is 0 Å². The van der Waals surface area contributed by atoms with E-state index in [1.165, 1.54) is 0 Å². The van der Waals surface area contributed by atoms with Gasteiger partial charge in [-0.3, -0.25) is 4.79 Å². The first kappa shape index (κ1) is 11.5. The zero-order valence-electron chi connectivity index (χ0n) is 10.3. The maximum Gasteiger partial charge on any atom is 0.228 e. The van der Waals surface area contributed by atoms with Crippen molar-refractivity contribution < 1.29 is 9.53 Å². The normalized spacial score (nSPS) is 30.6. The van der Waals surface area contributed by atoms with Crippen molar-refractivity contribution in [2.45, 2.75) is 25.1 Å². The molecule has 3 rings (SSSR count). The van der Waals surface area contributed by atoms with Crippen LogP contribution in [0.15, 0.2) is 43.0 Å². The van der Waals surface area contributed by atoms with Crippen molar-refractivity contribution >= 4 is 5.91 Å². The summed E-state index contributed by atoms with van der Waals surface area (Å²) in [5, 5.41) is 0. The highest BCUT2D eigenvalue weighted by atomic mass is 16.5. The number of fused-ring (bicyclic) bond motifs is 1. The van der Waals surface area contributed by atoms with Gasteiger partial charge in [0.2, 0.25) is 5.91 Å². The summed E-state index contributed by atoms with van der Waals surface area (Å²) in [5.74, 6) is 0.314. The molecule has 2 aliphatic heterocycles. The molecule has 3 heteroatoms. The number of nitrogens with zero attached hydrogens (tertiary/aromatic N) is 1. The van der Waals surface area contributed by atoms with Crippen molar-refractivity contribution in [2.24, 2.45) is 5.92 Å². The number of benzene rings is 1. The molecule has 94 valence electrons. The Balaban J connectivity index is 1.84. The number of hydrogen-bond donors (Lipinski definition) is 0. The van der Waals surface area contributed by atoms with E-state index in [1.54, 1.807) is 0 Å². The first-order valence-electron chi connectivity index (χ1n) is 6.41. The predicted octanol–water partition coefficient (Wildman–Crippen LogP) is 2.51. The Labute approximate surface area is 107 Å². The number of carbonyl (C=O) groups is 1. The number of allylic oxidation sites excluding steroid dienone is 1. The molecule has 3 nitrogen and oxygen atoms in total. The van der Waals surface area contributed by atoms with Gasteiger partial charge in [0.1, 0.15) is 0 Å². The van der Waals surface area contributed by atoms with E-state index in [2.05, 4.69) is 6.58 Å². The second-order valence-corrected chi connectivity index (χ2v) is 4.95. The minimum atomic E-state index is -0.196. The Bertz CT molecular complexity index is 457. The van der Waals surface area contributed by atoms with Gasteiger partial charge in [0, 0.05) is 11.5 Å². The molecule has 2 fully saturated rings. The highest BCUT2D eigenvalue weighted by Gasteiger charge is 2.47. The molecule has 0 saturated carbocycles. The van der Waals surface area contributed by atoms with Gasteiger partial charge in [-0.1, -0.05) is 36.4 Å². The smallest absolute Gasteiger partial charge is 0.228 e. The van der Waals surface area contributed by atoms with Gasteiger partial charge < -0.3 is 9.64 Å². The highest BCUT2D eigenvalue weighted by Crippen LogP contribution is 2.40. The van der Waals surface area contributed by atoms with Crippen LogP contribution in [-0.2, 0) is 9.53 Å². The fourth-order valence-electron chi connectivity index (χ4n) is 2.94. The highest BCUT2D eigenvalue weighted by molar-refractivity contribution is 5.82. The van der Waals surface area contributed by atoms with Crippen LogP contribution in [0, 0.1) is 5.92 Å². The van der Waals surface area contributed by atoms with Gasteiger partial charge >= 0.3 is 0 Å². The standard InChI is InChI=1S/C15H17NO2/c1-2-6-12-9-13-10-18-15(16(13)14(12)17)11-7-4-3-5-8-11/h2-5,7-8,12-13,15H,1,6,9-10H2/t12-,13-,15?/m0/s1. The number of ether oxygens (including phenoxy) is 1. The Kier molecular flexibility index (Phi) is 2.92. The zero-order chi connectivity index (χ0) is 12.5. The molecule has 2 aliphatic rings. The van der Waals surface area contributed by atoms with Gasteiger partial charge in [-0.2, -0.15) is 0 Å². The summed E-state index contributed by atoms with van der Waals surface area (Å²) in [5.41, 5.74) is 1.06. The van der Waals surface area contributed by atoms with E-state index in [1.807, 2.05) is 41.3 Å². The van der Waals surface area contributed by atoms with Gasteiger partial charge in [0.05, 0.1) is 12.6 Å². The van der Waals surface area contributed by atoms with E-state index in [4.69, 9.17) is 4.74 Å². The molecule has 1 aromatic rings. The van der Waals surface area contributed by atoms with Gasteiger partial charge in [0.15, 0.2) is 6.23 Å². The summed E-state index contributed by atoms with van der Waals surface area (Å²) in [6.45, 7) is 4.38. The van der Waals surface area contributed by atoms with Gasteiger partial charge in [-0.15, -0.1) is 6.58 Å². The number of amides is 1. The maximum atomic E-state index is 12.4. The third-order valence-electron chi connectivity index (χ3n) is 3.79. The average Bonchev–Trinajstić information content (AvgIpc) is 2.93. The minimum Gasteiger partial charge on any atom is -0.352 e. The van der Waals surface area contributed by atoms with E-state index in [-0.39, 0.29) is 24.1 Å². The van der Waals surface area contributed by atoms with E-state index in [9.17, 15) is 4.79 Å². The molecular formula is C15H17NO2. The first-order valence-corrected chi connectivity index (χ1v) is 6.41. The molecule has 0 radical (unpaired) electrons. The van der Waals surface area contributed by atoms with Crippen LogP contribution in [0.5, 0.6) is 0 Å². The van der Waals surface area contributed by atoms with Crippen molar-refractivity contribution in [3.8, 4) is 0 Å². The quantitative estimate of drug-likeness (QED) is 0.763. The molecule has 2 heterocycles. The monoisotopic (exact) mass is 243 g/mol. The lowest BCUT2D eigenvalue weighted by Gasteiger charge is -2.23. The number of hydrogen-bond acceptors (Lipinski definition) is 2. The molecule has 0 spiro atoms. The topological polar surface area (TPSA) is 29.5 Å². The minimum absolute atomic E-state index is 0.0996. The predicted molar refractivity (Wildman–Crippen MR) is 68.7 cm³/mol. The molecule has 2 saturated heterocycles. The lowest BCUT2D eigenvalue weighted by atomic mass is 10.0. The summed E-state index contributed by atoms with van der Waals surface area (Å²) in [6.07, 6.45) is 3.31. The molecular weight excluding hydrogens is 226 g/mol. The van der Waals surface area contributed by atoms with Gasteiger partial charge in [-0.25, -0.2) is 0 Å². The Morgan fingerprint density at radius 2 is 2.17 bits per heavy atom. The second kappa shape index (κ2) is 4.58. The summed E-state index contributed by atoms with van der Waals surface area (Å²) in [7, 11) is 0. The van der Waals surface area contributed by atoms with Crippen molar-refractivity contribution in [3.05, 3.63) is 48.6 Å². The number of carbonyl (C=O) groups excluding carboxylic acids is 1. The van der Waals surface area contributed by atoms with Crippen molar-refractivity contribution in [2.75, 3.05) is 6.61 Å². The fourth-order valence-corrected chi connectivity index (χ4v) is 2.94. The largest absolute Gasteiger partial charge is 0.352 e. The summed E-state index contributed by atoms with van der Waals surface area (Å²) >= 11 is 0. The lowest BCUT2D eigenvalue weighted by molar-refractivity contribution is -0.137. The van der Waals surface area contributed by atoms with Crippen LogP contribution >= 0.6 is 0 Å². The SMILES string of the molecule is C=CC[C@H]1C[C@H]2COC(c3ccccc3)N2C1=O. The van der Waals surface area contributed by atoms with Gasteiger partial charge in [-0.05, 0) is 12.8 Å². The fraction of sp³-hybridized carbons (Fsp3) is 0.400. The van der Waals surface area contributed by atoms with Crippen LogP contribution in [-0.4, -0.2) is 23.5 Å². The average molecular weight is 243 g/mol. The molecule has 3 atom stereocenters. The number of rotatable bonds is 3. The molecule has 1 amide bonds. The van der Waals surface area contributed by atoms with Crippen LogP contribution in [0.1, 0.15) is 24.6 Å². The Morgan fingerprint density at radius 1 is 1.39 bits per heavy atom. The molecule has 0 N–H and O–H groups in total.